The number of nitrogens with one attached hydrogen (secondary N) is 1. The first-order chi connectivity index (χ1) is 12.5. The average Bonchev–Trinajstić information content (AvgIpc) is 3.01. The maximum atomic E-state index is 12.5. The lowest BCUT2D eigenvalue weighted by Gasteiger charge is -2.12. The van der Waals surface area contributed by atoms with Gasteiger partial charge in [-0.05, 0) is 36.4 Å². The van der Waals surface area contributed by atoms with Crippen LogP contribution in [0.2, 0.25) is 0 Å². The molecule has 1 N–H and O–H groups in total. The highest BCUT2D eigenvalue weighted by molar-refractivity contribution is 6.06. The molecule has 130 valence electrons. The summed E-state index contributed by atoms with van der Waals surface area (Å²) < 4.78 is 1.81. The van der Waals surface area contributed by atoms with Gasteiger partial charge < -0.3 is 14.8 Å². The molecule has 0 aliphatic heterocycles. The molecule has 0 aliphatic rings. The average molecular weight is 346 g/mol. The number of amides is 1. The summed E-state index contributed by atoms with van der Waals surface area (Å²) in [5.41, 5.74) is 3.50. The van der Waals surface area contributed by atoms with E-state index in [1.165, 1.54) is 0 Å². The van der Waals surface area contributed by atoms with Crippen molar-refractivity contribution in [2.24, 2.45) is 7.05 Å². The third kappa shape index (κ3) is 2.83. The van der Waals surface area contributed by atoms with E-state index in [0.717, 1.165) is 22.4 Å². The second kappa shape index (κ2) is 6.11. The lowest BCUT2D eigenvalue weighted by molar-refractivity contribution is 0.102. The smallest absolute Gasteiger partial charge is 0.257 e. The largest absolute Gasteiger partial charge is 0.363 e. The summed E-state index contributed by atoms with van der Waals surface area (Å²) >= 11 is 0. The molecule has 0 bridgehead atoms. The molecule has 0 radical (unpaired) electrons. The minimum absolute atomic E-state index is 0.220. The molecule has 7 nitrogen and oxygen atoms in total. The van der Waals surface area contributed by atoms with Crippen molar-refractivity contribution < 1.29 is 4.79 Å². The van der Waals surface area contributed by atoms with E-state index in [4.69, 9.17) is 0 Å². The Morgan fingerprint density at radius 3 is 2.73 bits per heavy atom. The number of nitrogens with zero attached hydrogens (tertiary/aromatic N) is 5. The van der Waals surface area contributed by atoms with Gasteiger partial charge in [0.2, 0.25) is 0 Å². The fourth-order valence-corrected chi connectivity index (χ4v) is 2.79. The van der Waals surface area contributed by atoms with E-state index in [0.29, 0.717) is 16.8 Å². The summed E-state index contributed by atoms with van der Waals surface area (Å²) in [4.78, 5) is 27.6. The predicted octanol–water partition coefficient (Wildman–Crippen LogP) is 2.83. The van der Waals surface area contributed by atoms with Crippen LogP contribution in [-0.2, 0) is 7.05 Å². The van der Waals surface area contributed by atoms with Crippen molar-refractivity contribution in [3.05, 3.63) is 54.5 Å². The molecule has 0 spiro atoms. The number of rotatable bonds is 3. The van der Waals surface area contributed by atoms with Crippen molar-refractivity contribution in [1.82, 2.24) is 19.5 Å². The van der Waals surface area contributed by atoms with Crippen molar-refractivity contribution in [3.8, 4) is 0 Å². The van der Waals surface area contributed by atoms with E-state index in [1.807, 2.05) is 60.9 Å². The zero-order valence-electron chi connectivity index (χ0n) is 14.8. The Morgan fingerprint density at radius 1 is 1.08 bits per heavy atom. The Morgan fingerprint density at radius 2 is 1.92 bits per heavy atom. The Hall–Kier alpha value is -3.48. The number of carbonyl (C=O) groups is 1. The van der Waals surface area contributed by atoms with E-state index in [9.17, 15) is 4.79 Å². The molecule has 0 fully saturated rings. The Labute approximate surface area is 150 Å². The van der Waals surface area contributed by atoms with E-state index >= 15 is 0 Å². The Balaban J connectivity index is 1.60. The Bertz CT molecular complexity index is 1130. The minimum atomic E-state index is -0.220. The van der Waals surface area contributed by atoms with Crippen LogP contribution in [0.3, 0.4) is 0 Å². The van der Waals surface area contributed by atoms with Crippen LogP contribution in [0.4, 0.5) is 11.5 Å². The minimum Gasteiger partial charge on any atom is -0.363 e. The molecule has 7 heteroatoms. The van der Waals surface area contributed by atoms with Crippen molar-refractivity contribution in [2.75, 3.05) is 24.3 Å². The number of hydrogen-bond acceptors (Lipinski definition) is 5. The van der Waals surface area contributed by atoms with Gasteiger partial charge in [0, 0.05) is 38.4 Å². The monoisotopic (exact) mass is 346 g/mol. The summed E-state index contributed by atoms with van der Waals surface area (Å²) in [7, 11) is 5.78. The normalized spacial score (nSPS) is 11.0. The van der Waals surface area contributed by atoms with Crippen LogP contribution in [0.1, 0.15) is 10.4 Å². The molecule has 0 aliphatic carbocycles. The van der Waals surface area contributed by atoms with Gasteiger partial charge in [-0.3, -0.25) is 4.79 Å². The van der Waals surface area contributed by atoms with Crippen LogP contribution >= 0.6 is 0 Å². The van der Waals surface area contributed by atoms with Gasteiger partial charge >= 0.3 is 0 Å². The maximum absolute atomic E-state index is 12.5. The third-order valence-corrected chi connectivity index (χ3v) is 4.20. The van der Waals surface area contributed by atoms with E-state index in [2.05, 4.69) is 20.3 Å². The number of pyridine rings is 2. The second-order valence-corrected chi connectivity index (χ2v) is 6.35. The van der Waals surface area contributed by atoms with Crippen LogP contribution in [0.25, 0.3) is 22.1 Å². The summed E-state index contributed by atoms with van der Waals surface area (Å²) in [6.45, 7) is 0. The summed E-state index contributed by atoms with van der Waals surface area (Å²) in [5.74, 6) is 0.672. The van der Waals surface area contributed by atoms with Gasteiger partial charge in [-0.2, -0.15) is 0 Å². The number of carbonyl (C=O) groups excluding carboxylic acids is 1. The number of imidazole rings is 1. The van der Waals surface area contributed by atoms with Gasteiger partial charge in [0.1, 0.15) is 11.3 Å². The van der Waals surface area contributed by atoms with Crippen molar-refractivity contribution in [2.45, 2.75) is 0 Å². The summed E-state index contributed by atoms with van der Waals surface area (Å²) in [6.07, 6.45) is 3.24. The number of fused-ring (bicyclic) bond motifs is 2. The first kappa shape index (κ1) is 16.0. The maximum Gasteiger partial charge on any atom is 0.257 e. The standard InChI is InChI=1S/C19H18N6O/c1-24(2)17-7-4-12-8-14(5-6-15(12)23-17)22-19(26)13-9-16-18(20-10-13)25(3)11-21-16/h4-11H,1-3H3,(H,22,26). The van der Waals surface area contributed by atoms with E-state index in [1.54, 1.807) is 18.6 Å². The van der Waals surface area contributed by atoms with Crippen LogP contribution in [0.5, 0.6) is 0 Å². The number of anilines is 2. The van der Waals surface area contributed by atoms with Gasteiger partial charge in [0.15, 0.2) is 5.65 Å². The van der Waals surface area contributed by atoms with Gasteiger partial charge in [-0.1, -0.05) is 0 Å². The zero-order chi connectivity index (χ0) is 18.3. The SMILES string of the molecule is CN(C)c1ccc2cc(NC(=O)c3cnc4c(c3)ncn4C)ccc2n1. The molecule has 0 unspecified atom stereocenters. The molecule has 0 atom stereocenters. The van der Waals surface area contributed by atoms with Crippen molar-refractivity contribution >= 4 is 39.5 Å². The van der Waals surface area contributed by atoms with Crippen LogP contribution < -0.4 is 10.2 Å². The Kier molecular flexibility index (Phi) is 3.76. The van der Waals surface area contributed by atoms with Crippen molar-refractivity contribution in [3.63, 3.8) is 0 Å². The lowest BCUT2D eigenvalue weighted by Crippen LogP contribution is -2.12. The van der Waals surface area contributed by atoms with Crippen LogP contribution in [0, 0.1) is 0 Å². The number of hydrogen-bond donors (Lipinski definition) is 1. The molecule has 3 heterocycles. The third-order valence-electron chi connectivity index (χ3n) is 4.20. The number of aromatic nitrogens is 4. The molecule has 0 saturated heterocycles. The fourth-order valence-electron chi connectivity index (χ4n) is 2.79. The molecule has 0 saturated carbocycles. The van der Waals surface area contributed by atoms with E-state index < -0.39 is 0 Å². The molecular formula is C19H18N6O. The number of aryl methyl sites for hydroxylation is 1. The van der Waals surface area contributed by atoms with Gasteiger partial charge in [-0.15, -0.1) is 0 Å². The quantitative estimate of drug-likeness (QED) is 0.617. The highest BCUT2D eigenvalue weighted by Crippen LogP contribution is 2.21. The van der Waals surface area contributed by atoms with Crippen molar-refractivity contribution in [1.29, 1.82) is 0 Å². The second-order valence-electron chi connectivity index (χ2n) is 6.35. The first-order valence-electron chi connectivity index (χ1n) is 8.18. The molecule has 1 amide bonds. The first-order valence-corrected chi connectivity index (χ1v) is 8.18. The molecule has 26 heavy (non-hydrogen) atoms. The fraction of sp³-hybridized carbons (Fsp3) is 0.158. The highest BCUT2D eigenvalue weighted by Gasteiger charge is 2.10. The molecule has 1 aromatic carbocycles. The number of benzene rings is 1. The van der Waals surface area contributed by atoms with Gasteiger partial charge in [-0.25, -0.2) is 15.0 Å². The van der Waals surface area contributed by atoms with E-state index in [-0.39, 0.29) is 5.91 Å². The predicted molar refractivity (Wildman–Crippen MR) is 103 cm³/mol. The zero-order valence-corrected chi connectivity index (χ0v) is 14.8. The highest BCUT2D eigenvalue weighted by atomic mass is 16.1. The molecule has 3 aromatic heterocycles. The lowest BCUT2D eigenvalue weighted by atomic mass is 10.2. The molecular weight excluding hydrogens is 328 g/mol. The summed E-state index contributed by atoms with van der Waals surface area (Å²) in [5, 5.41) is 3.87. The topological polar surface area (TPSA) is 75.9 Å². The summed E-state index contributed by atoms with van der Waals surface area (Å²) in [6, 6.07) is 11.3. The van der Waals surface area contributed by atoms with Crippen LogP contribution in [-0.4, -0.2) is 39.5 Å². The van der Waals surface area contributed by atoms with Gasteiger partial charge in [0.05, 0.1) is 17.4 Å². The van der Waals surface area contributed by atoms with Crippen LogP contribution in [0.15, 0.2) is 48.9 Å². The molecule has 4 rings (SSSR count). The van der Waals surface area contributed by atoms with Gasteiger partial charge in [0.25, 0.3) is 5.91 Å². The molecule has 4 aromatic rings.